The summed E-state index contributed by atoms with van der Waals surface area (Å²) in [4.78, 5) is 32.9. The second-order valence-electron chi connectivity index (χ2n) is 8.47. The van der Waals surface area contributed by atoms with Crippen LogP contribution < -0.4 is 16.3 Å². The molecule has 9 nitrogen and oxygen atoms in total. The minimum Gasteiger partial charge on any atom is -0.379 e. The van der Waals surface area contributed by atoms with Crippen LogP contribution in [-0.4, -0.2) is 84.4 Å². The zero-order valence-corrected chi connectivity index (χ0v) is 18.4. The summed E-state index contributed by atoms with van der Waals surface area (Å²) in [6, 6.07) is 9.04. The maximum absolute atomic E-state index is 12.4. The van der Waals surface area contributed by atoms with E-state index in [4.69, 9.17) is 4.74 Å². The Labute approximate surface area is 188 Å². The van der Waals surface area contributed by atoms with Gasteiger partial charge >= 0.3 is 11.7 Å². The van der Waals surface area contributed by atoms with E-state index in [-0.39, 0.29) is 11.7 Å². The average molecular weight is 441 g/mol. The number of nitrogens with zero attached hydrogens (tertiary/aromatic N) is 4. The van der Waals surface area contributed by atoms with E-state index in [0.29, 0.717) is 24.7 Å². The van der Waals surface area contributed by atoms with E-state index in [2.05, 4.69) is 25.4 Å². The van der Waals surface area contributed by atoms with E-state index in [9.17, 15) is 9.59 Å². The maximum atomic E-state index is 12.4. The number of benzene rings is 1. The van der Waals surface area contributed by atoms with Crippen molar-refractivity contribution in [3.63, 3.8) is 0 Å². The molecule has 1 aromatic carbocycles. The standard InChI is InChI=1S/C23H32N6O3/c30-22(25-16-20-5-8-28(17-20)10-9-27-11-13-32-14-12-27)26-21-4-1-3-19(15-21)18-29-7-2-6-24-23(29)31/h1-4,6-7,15,20H,5,8-14,16-18H2,(H2,25,26,30)/t20-/m1/s1. The van der Waals surface area contributed by atoms with Gasteiger partial charge in [0.25, 0.3) is 0 Å². The largest absolute Gasteiger partial charge is 0.379 e. The smallest absolute Gasteiger partial charge is 0.347 e. The van der Waals surface area contributed by atoms with Gasteiger partial charge in [0.05, 0.1) is 19.8 Å². The number of urea groups is 1. The molecule has 0 bridgehead atoms. The Hall–Kier alpha value is -2.75. The number of ether oxygens (including phenoxy) is 1. The number of anilines is 1. The predicted molar refractivity (Wildman–Crippen MR) is 123 cm³/mol. The highest BCUT2D eigenvalue weighted by Crippen LogP contribution is 2.16. The second-order valence-corrected chi connectivity index (χ2v) is 8.47. The van der Waals surface area contributed by atoms with Gasteiger partial charge in [0.15, 0.2) is 0 Å². The van der Waals surface area contributed by atoms with Crippen LogP contribution in [0.15, 0.2) is 47.5 Å². The first kappa shape index (κ1) is 22.4. The molecule has 2 amide bonds. The molecule has 1 aromatic heterocycles. The Balaban J connectivity index is 1.18. The number of rotatable bonds is 8. The van der Waals surface area contributed by atoms with E-state index < -0.39 is 0 Å². The molecular weight excluding hydrogens is 408 g/mol. The lowest BCUT2D eigenvalue weighted by Gasteiger charge is -2.28. The van der Waals surface area contributed by atoms with Crippen LogP contribution >= 0.6 is 0 Å². The lowest BCUT2D eigenvalue weighted by Crippen LogP contribution is -2.41. The number of nitrogens with one attached hydrogen (secondary N) is 2. The van der Waals surface area contributed by atoms with Crippen LogP contribution in [0.3, 0.4) is 0 Å². The van der Waals surface area contributed by atoms with E-state index in [1.807, 2.05) is 24.3 Å². The number of hydrogen-bond acceptors (Lipinski definition) is 6. The Morgan fingerprint density at radius 3 is 2.81 bits per heavy atom. The van der Waals surface area contributed by atoms with Crippen LogP contribution in [0.1, 0.15) is 12.0 Å². The number of amides is 2. The molecule has 2 fully saturated rings. The van der Waals surface area contributed by atoms with Gasteiger partial charge in [-0.3, -0.25) is 9.47 Å². The molecule has 0 saturated carbocycles. The van der Waals surface area contributed by atoms with Gasteiger partial charge in [-0.15, -0.1) is 0 Å². The highest BCUT2D eigenvalue weighted by atomic mass is 16.5. The van der Waals surface area contributed by atoms with Crippen molar-refractivity contribution in [1.29, 1.82) is 0 Å². The summed E-state index contributed by atoms with van der Waals surface area (Å²) in [5, 5.41) is 5.91. The van der Waals surface area contributed by atoms with Gasteiger partial charge in [-0.2, -0.15) is 0 Å². The van der Waals surface area contributed by atoms with Crippen molar-refractivity contribution >= 4 is 11.7 Å². The fourth-order valence-corrected chi connectivity index (χ4v) is 4.25. The molecule has 2 N–H and O–H groups in total. The lowest BCUT2D eigenvalue weighted by atomic mass is 10.1. The summed E-state index contributed by atoms with van der Waals surface area (Å²) in [7, 11) is 0. The Kier molecular flexibility index (Phi) is 7.87. The highest BCUT2D eigenvalue weighted by Gasteiger charge is 2.23. The molecule has 2 aromatic rings. The molecular formula is C23H32N6O3. The third kappa shape index (κ3) is 6.62. The minimum atomic E-state index is -0.292. The molecule has 0 aliphatic carbocycles. The molecule has 2 aliphatic rings. The van der Waals surface area contributed by atoms with Crippen LogP contribution in [0.2, 0.25) is 0 Å². The van der Waals surface area contributed by atoms with Gasteiger partial charge in [0.2, 0.25) is 0 Å². The van der Waals surface area contributed by atoms with Crippen molar-refractivity contribution < 1.29 is 9.53 Å². The quantitative estimate of drug-likeness (QED) is 0.638. The first-order valence-corrected chi connectivity index (χ1v) is 11.3. The molecule has 0 radical (unpaired) electrons. The fourth-order valence-electron chi connectivity index (χ4n) is 4.25. The zero-order valence-electron chi connectivity index (χ0n) is 18.4. The third-order valence-corrected chi connectivity index (χ3v) is 6.08. The summed E-state index contributed by atoms with van der Waals surface area (Å²) in [6.07, 6.45) is 4.29. The number of hydrogen-bond donors (Lipinski definition) is 2. The molecule has 2 saturated heterocycles. The Bertz CT molecular complexity index is 943. The van der Waals surface area contributed by atoms with Gasteiger partial charge in [-0.25, -0.2) is 14.6 Å². The van der Waals surface area contributed by atoms with Crippen molar-refractivity contribution in [2.45, 2.75) is 13.0 Å². The molecule has 0 spiro atoms. The van der Waals surface area contributed by atoms with Crippen LogP contribution in [0, 0.1) is 5.92 Å². The molecule has 172 valence electrons. The number of likely N-dealkylation sites (tertiary alicyclic amines) is 1. The van der Waals surface area contributed by atoms with Crippen molar-refractivity contribution in [3.8, 4) is 0 Å². The zero-order chi connectivity index (χ0) is 22.2. The summed E-state index contributed by atoms with van der Waals surface area (Å²) < 4.78 is 6.94. The SMILES string of the molecule is O=C(NC[C@H]1CCN(CCN2CCOCC2)C1)Nc1cccc(Cn2cccnc2=O)c1. The summed E-state index contributed by atoms with van der Waals surface area (Å²) in [5.41, 5.74) is 1.33. The van der Waals surface area contributed by atoms with Gasteiger partial charge < -0.3 is 20.3 Å². The number of aromatic nitrogens is 2. The van der Waals surface area contributed by atoms with Gasteiger partial charge in [0, 0.05) is 57.3 Å². The molecule has 0 unspecified atom stereocenters. The van der Waals surface area contributed by atoms with E-state index >= 15 is 0 Å². The Morgan fingerprint density at radius 1 is 1.12 bits per heavy atom. The summed E-state index contributed by atoms with van der Waals surface area (Å²) >= 11 is 0. The van der Waals surface area contributed by atoms with E-state index in [0.717, 1.165) is 64.5 Å². The van der Waals surface area contributed by atoms with Gasteiger partial charge in [-0.05, 0) is 42.6 Å². The van der Waals surface area contributed by atoms with Crippen molar-refractivity contribution in [2.75, 3.05) is 64.3 Å². The van der Waals surface area contributed by atoms with Crippen LogP contribution in [0.4, 0.5) is 10.5 Å². The maximum Gasteiger partial charge on any atom is 0.347 e. The number of carbonyl (C=O) groups is 1. The van der Waals surface area contributed by atoms with Gasteiger partial charge in [-0.1, -0.05) is 12.1 Å². The first-order valence-electron chi connectivity index (χ1n) is 11.3. The third-order valence-electron chi connectivity index (χ3n) is 6.08. The van der Waals surface area contributed by atoms with Gasteiger partial charge in [0.1, 0.15) is 0 Å². The van der Waals surface area contributed by atoms with Crippen LogP contribution in [0.25, 0.3) is 0 Å². The van der Waals surface area contributed by atoms with Crippen LogP contribution in [-0.2, 0) is 11.3 Å². The summed E-state index contributed by atoms with van der Waals surface area (Å²) in [6.45, 7) is 9.10. The molecule has 3 heterocycles. The Morgan fingerprint density at radius 2 is 1.97 bits per heavy atom. The van der Waals surface area contributed by atoms with Crippen molar-refractivity contribution in [1.82, 2.24) is 24.7 Å². The number of carbonyl (C=O) groups excluding carboxylic acids is 1. The molecule has 4 rings (SSSR count). The second kappa shape index (κ2) is 11.2. The molecule has 32 heavy (non-hydrogen) atoms. The monoisotopic (exact) mass is 440 g/mol. The molecule has 1 atom stereocenters. The van der Waals surface area contributed by atoms with E-state index in [1.54, 1.807) is 12.3 Å². The molecule has 2 aliphatic heterocycles. The minimum absolute atomic E-state index is 0.201. The summed E-state index contributed by atoms with van der Waals surface area (Å²) in [5.74, 6) is 0.481. The van der Waals surface area contributed by atoms with Crippen molar-refractivity contribution in [2.24, 2.45) is 5.92 Å². The van der Waals surface area contributed by atoms with Crippen LogP contribution in [0.5, 0.6) is 0 Å². The predicted octanol–water partition coefficient (Wildman–Crippen LogP) is 1.07. The lowest BCUT2D eigenvalue weighted by molar-refractivity contribution is 0.0343. The highest BCUT2D eigenvalue weighted by molar-refractivity contribution is 5.89. The normalized spacial score (nSPS) is 19.7. The molecule has 9 heteroatoms. The first-order chi connectivity index (χ1) is 15.7. The topological polar surface area (TPSA) is 91.7 Å². The fraction of sp³-hybridized carbons (Fsp3) is 0.522. The average Bonchev–Trinajstić information content (AvgIpc) is 3.27. The number of morpholine rings is 1. The van der Waals surface area contributed by atoms with E-state index in [1.165, 1.54) is 10.8 Å². The van der Waals surface area contributed by atoms with Crippen molar-refractivity contribution in [3.05, 3.63) is 58.8 Å².